The second-order valence-electron chi connectivity index (χ2n) is 8.04. The van der Waals surface area contributed by atoms with Crippen LogP contribution in [0, 0.1) is 0 Å². The van der Waals surface area contributed by atoms with E-state index in [-0.39, 0.29) is 24.3 Å². The van der Waals surface area contributed by atoms with E-state index >= 15 is 0 Å². The van der Waals surface area contributed by atoms with Gasteiger partial charge in [-0.05, 0) is 43.3 Å². The summed E-state index contributed by atoms with van der Waals surface area (Å²) in [6.07, 6.45) is 4.21. The Morgan fingerprint density at radius 1 is 1.13 bits per heavy atom. The third-order valence-electron chi connectivity index (χ3n) is 5.76. The molecule has 2 atom stereocenters. The van der Waals surface area contributed by atoms with Crippen LogP contribution in [-0.4, -0.2) is 53.4 Å². The zero-order chi connectivity index (χ0) is 22.4. The molecule has 3 N–H and O–H groups in total. The number of likely N-dealkylation sites (tertiary alicyclic amines) is 1. The van der Waals surface area contributed by atoms with Crippen molar-refractivity contribution in [3.8, 4) is 0 Å². The van der Waals surface area contributed by atoms with Crippen LogP contribution >= 0.6 is 0 Å². The molecule has 0 saturated carbocycles. The van der Waals surface area contributed by atoms with Crippen LogP contribution in [-0.2, 0) is 21.4 Å². The molecule has 31 heavy (non-hydrogen) atoms. The summed E-state index contributed by atoms with van der Waals surface area (Å²) in [5.41, 5.74) is 2.54. The third kappa shape index (κ3) is 5.95. The van der Waals surface area contributed by atoms with Crippen LogP contribution in [0.2, 0.25) is 0 Å². The highest BCUT2D eigenvalue weighted by Gasteiger charge is 2.34. The van der Waals surface area contributed by atoms with Crippen molar-refractivity contribution in [1.82, 2.24) is 9.47 Å². The molecule has 1 aromatic heterocycles. The maximum atomic E-state index is 12.9. The number of benzene rings is 1. The fraction of sp³-hybridized carbons (Fsp3) is 0.435. The number of hydrogen-bond donors (Lipinski definition) is 3. The SMILES string of the molecule is CCN(CC(=O)Nc1ccc(NC(C)=O)cc1)C(=O)C[NH+]1CCC[C@H]1c1cccn1C. The first kappa shape index (κ1) is 22.6. The molecule has 0 spiro atoms. The van der Waals surface area contributed by atoms with Crippen LogP contribution in [0.15, 0.2) is 42.6 Å². The monoisotopic (exact) mass is 426 g/mol. The molecule has 8 nitrogen and oxygen atoms in total. The van der Waals surface area contributed by atoms with Crippen molar-refractivity contribution in [3.05, 3.63) is 48.3 Å². The summed E-state index contributed by atoms with van der Waals surface area (Å²) in [5, 5.41) is 5.50. The zero-order valence-corrected chi connectivity index (χ0v) is 18.5. The van der Waals surface area contributed by atoms with E-state index in [0.717, 1.165) is 19.4 Å². The summed E-state index contributed by atoms with van der Waals surface area (Å²) >= 11 is 0. The molecule has 1 aliphatic rings. The Hall–Kier alpha value is -3.13. The first-order valence-electron chi connectivity index (χ1n) is 10.8. The fourth-order valence-electron chi connectivity index (χ4n) is 4.21. The molecule has 0 aliphatic carbocycles. The predicted octanol–water partition coefficient (Wildman–Crippen LogP) is 1.19. The third-order valence-corrected chi connectivity index (χ3v) is 5.76. The van der Waals surface area contributed by atoms with Crippen molar-refractivity contribution >= 4 is 29.1 Å². The van der Waals surface area contributed by atoms with Crippen molar-refractivity contribution in [2.75, 3.05) is 36.8 Å². The molecule has 1 saturated heterocycles. The maximum absolute atomic E-state index is 12.9. The lowest BCUT2D eigenvalue weighted by Gasteiger charge is -2.25. The number of amides is 3. The number of likely N-dealkylation sites (N-methyl/N-ethyl adjacent to an activating group) is 1. The van der Waals surface area contributed by atoms with Crippen LogP contribution in [0.4, 0.5) is 11.4 Å². The minimum atomic E-state index is -0.238. The number of nitrogens with zero attached hydrogens (tertiary/aromatic N) is 2. The van der Waals surface area contributed by atoms with E-state index in [1.807, 2.05) is 26.2 Å². The molecule has 1 aliphatic heterocycles. The van der Waals surface area contributed by atoms with Crippen molar-refractivity contribution in [3.63, 3.8) is 0 Å². The normalized spacial score (nSPS) is 17.9. The van der Waals surface area contributed by atoms with Gasteiger partial charge < -0.3 is 25.0 Å². The van der Waals surface area contributed by atoms with Crippen LogP contribution in [0.1, 0.15) is 38.4 Å². The van der Waals surface area contributed by atoms with E-state index in [0.29, 0.717) is 30.5 Å². The molecule has 3 amide bonds. The van der Waals surface area contributed by atoms with Gasteiger partial charge in [-0.1, -0.05) is 0 Å². The fourth-order valence-corrected chi connectivity index (χ4v) is 4.21. The molecule has 1 fully saturated rings. The van der Waals surface area contributed by atoms with Crippen LogP contribution < -0.4 is 15.5 Å². The van der Waals surface area contributed by atoms with Crippen LogP contribution in [0.3, 0.4) is 0 Å². The van der Waals surface area contributed by atoms with E-state index in [4.69, 9.17) is 0 Å². The van der Waals surface area contributed by atoms with Gasteiger partial charge in [0.2, 0.25) is 11.8 Å². The molecule has 2 heterocycles. The summed E-state index contributed by atoms with van der Waals surface area (Å²) in [4.78, 5) is 39.4. The minimum absolute atomic E-state index is 0.00485. The van der Waals surface area contributed by atoms with Gasteiger partial charge in [-0.3, -0.25) is 14.4 Å². The zero-order valence-electron chi connectivity index (χ0n) is 18.5. The molecule has 8 heteroatoms. The van der Waals surface area contributed by atoms with Gasteiger partial charge in [0, 0.05) is 50.9 Å². The van der Waals surface area contributed by atoms with Crippen molar-refractivity contribution in [2.45, 2.75) is 32.7 Å². The molecule has 0 radical (unpaired) electrons. The smallest absolute Gasteiger partial charge is 0.278 e. The number of hydrogen-bond acceptors (Lipinski definition) is 3. The first-order chi connectivity index (χ1) is 14.9. The number of rotatable bonds is 8. The second kappa shape index (κ2) is 10.3. The number of aromatic nitrogens is 1. The molecule has 166 valence electrons. The number of carbonyl (C=O) groups excluding carboxylic acids is 3. The number of aryl methyl sites for hydroxylation is 1. The molecular formula is C23H32N5O3+. The Labute approximate surface area is 183 Å². The average Bonchev–Trinajstić information content (AvgIpc) is 3.35. The number of quaternary nitrogens is 1. The van der Waals surface area contributed by atoms with Gasteiger partial charge in [-0.15, -0.1) is 0 Å². The standard InChI is InChI=1S/C23H31N5O3/c1-4-27(15-22(30)25-19-11-9-18(10-12-19)24-17(2)29)23(31)16-28-14-6-8-21(28)20-7-5-13-26(20)3/h5,7,9-13,21H,4,6,8,14-16H2,1-3H3,(H,24,29)(H,25,30)/p+1/t21-/m0/s1. The van der Waals surface area contributed by atoms with Gasteiger partial charge in [-0.2, -0.15) is 0 Å². The van der Waals surface area contributed by atoms with E-state index in [1.165, 1.54) is 17.5 Å². The molecule has 0 bridgehead atoms. The number of nitrogens with one attached hydrogen (secondary N) is 3. The summed E-state index contributed by atoms with van der Waals surface area (Å²) < 4.78 is 2.13. The first-order valence-corrected chi connectivity index (χ1v) is 10.8. The minimum Gasteiger partial charge on any atom is -0.350 e. The molecule has 1 aromatic carbocycles. The summed E-state index contributed by atoms with van der Waals surface area (Å²) in [5.74, 6) is -0.393. The Morgan fingerprint density at radius 2 is 1.81 bits per heavy atom. The van der Waals surface area contributed by atoms with Gasteiger partial charge in [0.15, 0.2) is 6.54 Å². The van der Waals surface area contributed by atoms with Crippen molar-refractivity contribution in [1.29, 1.82) is 0 Å². The van der Waals surface area contributed by atoms with E-state index in [9.17, 15) is 14.4 Å². The number of anilines is 2. The van der Waals surface area contributed by atoms with Crippen LogP contribution in [0.25, 0.3) is 0 Å². The highest BCUT2D eigenvalue weighted by atomic mass is 16.2. The van der Waals surface area contributed by atoms with Gasteiger partial charge in [0.05, 0.1) is 12.2 Å². The van der Waals surface area contributed by atoms with Gasteiger partial charge in [0.25, 0.3) is 5.91 Å². The quantitative estimate of drug-likeness (QED) is 0.593. The summed E-state index contributed by atoms with van der Waals surface area (Å²) in [7, 11) is 2.04. The van der Waals surface area contributed by atoms with Gasteiger partial charge >= 0.3 is 0 Å². The number of carbonyl (C=O) groups is 3. The topological polar surface area (TPSA) is 87.9 Å². The predicted molar refractivity (Wildman–Crippen MR) is 120 cm³/mol. The van der Waals surface area contributed by atoms with E-state index in [1.54, 1.807) is 29.2 Å². The second-order valence-corrected chi connectivity index (χ2v) is 8.04. The lowest BCUT2D eigenvalue weighted by atomic mass is 10.1. The van der Waals surface area contributed by atoms with Crippen molar-refractivity contribution in [2.24, 2.45) is 7.05 Å². The molecule has 3 rings (SSSR count). The van der Waals surface area contributed by atoms with Crippen LogP contribution in [0.5, 0.6) is 0 Å². The Kier molecular flexibility index (Phi) is 7.46. The summed E-state index contributed by atoms with van der Waals surface area (Å²) in [6, 6.07) is 11.4. The highest BCUT2D eigenvalue weighted by molar-refractivity contribution is 5.95. The van der Waals surface area contributed by atoms with Gasteiger partial charge in [0.1, 0.15) is 12.6 Å². The lowest BCUT2D eigenvalue weighted by Crippen LogP contribution is -3.11. The Balaban J connectivity index is 1.55. The highest BCUT2D eigenvalue weighted by Crippen LogP contribution is 2.19. The van der Waals surface area contributed by atoms with E-state index in [2.05, 4.69) is 21.3 Å². The van der Waals surface area contributed by atoms with Gasteiger partial charge in [-0.25, -0.2) is 0 Å². The molecule has 2 aromatic rings. The van der Waals surface area contributed by atoms with E-state index < -0.39 is 0 Å². The lowest BCUT2D eigenvalue weighted by molar-refractivity contribution is -0.911. The largest absolute Gasteiger partial charge is 0.350 e. The molecular weight excluding hydrogens is 394 g/mol. The Bertz CT molecular complexity index is 922. The Morgan fingerprint density at radius 3 is 2.39 bits per heavy atom. The van der Waals surface area contributed by atoms with Crippen molar-refractivity contribution < 1.29 is 19.3 Å². The maximum Gasteiger partial charge on any atom is 0.278 e. The average molecular weight is 427 g/mol. The summed E-state index contributed by atoms with van der Waals surface area (Å²) in [6.45, 7) is 5.19. The molecule has 1 unspecified atom stereocenters.